The molecule has 0 fully saturated rings. The van der Waals surface area contributed by atoms with E-state index < -0.39 is 0 Å². The summed E-state index contributed by atoms with van der Waals surface area (Å²) in [4.78, 5) is 11.6. The van der Waals surface area contributed by atoms with Crippen LogP contribution >= 0.6 is 0 Å². The maximum atomic E-state index is 11.6. The van der Waals surface area contributed by atoms with E-state index in [1.54, 1.807) is 0 Å². The van der Waals surface area contributed by atoms with Gasteiger partial charge in [-0.05, 0) is 5.41 Å². The highest BCUT2D eigenvalue weighted by molar-refractivity contribution is 5.75. The number of hydrogen-bond acceptors (Lipinski definition) is 7. The molecule has 0 aliphatic heterocycles. The molecule has 1 amide bonds. The van der Waals surface area contributed by atoms with Crippen LogP contribution in [0.2, 0.25) is 0 Å². The first-order valence-electron chi connectivity index (χ1n) is 9.31. The molecule has 0 spiro atoms. The number of nitrogens with two attached hydrogens (primary N) is 1. The van der Waals surface area contributed by atoms with Gasteiger partial charge >= 0.3 is 0 Å². The zero-order chi connectivity index (χ0) is 19.5. The van der Waals surface area contributed by atoms with Crippen molar-refractivity contribution in [3.05, 3.63) is 0 Å². The second-order valence-electron chi connectivity index (χ2n) is 6.94. The molecule has 0 unspecified atom stereocenters. The van der Waals surface area contributed by atoms with E-state index in [9.17, 15) is 4.79 Å². The Morgan fingerprint density at radius 3 is 1.50 bits per heavy atom. The lowest BCUT2D eigenvalue weighted by Gasteiger charge is -2.18. The number of carbonyl (C=O) groups is 1. The number of ether oxygens (including phenoxy) is 5. The lowest BCUT2D eigenvalue weighted by Crippen LogP contribution is -2.32. The molecule has 0 bridgehead atoms. The summed E-state index contributed by atoms with van der Waals surface area (Å²) in [6.45, 7) is 12.6. The fourth-order valence-corrected chi connectivity index (χ4v) is 1.68. The molecule has 26 heavy (non-hydrogen) atoms. The monoisotopic (exact) mass is 378 g/mol. The minimum absolute atomic E-state index is 0.0161. The number of rotatable bonds is 18. The highest BCUT2D eigenvalue weighted by Gasteiger charge is 2.11. The Bertz CT molecular complexity index is 323. The van der Waals surface area contributed by atoms with Crippen molar-refractivity contribution in [2.45, 2.75) is 27.2 Å². The molecule has 0 aromatic heterocycles. The molecule has 0 aliphatic carbocycles. The van der Waals surface area contributed by atoms with Crippen LogP contribution in [0.3, 0.4) is 0 Å². The minimum atomic E-state index is 0.0161. The van der Waals surface area contributed by atoms with E-state index in [0.29, 0.717) is 85.6 Å². The van der Waals surface area contributed by atoms with Gasteiger partial charge in [-0.15, -0.1) is 0 Å². The van der Waals surface area contributed by atoms with Crippen LogP contribution in [0.4, 0.5) is 0 Å². The van der Waals surface area contributed by atoms with Gasteiger partial charge in [0.1, 0.15) is 0 Å². The fraction of sp³-hybridized carbons (Fsp3) is 0.944. The van der Waals surface area contributed by atoms with Crippen molar-refractivity contribution in [2.75, 3.05) is 79.2 Å². The Morgan fingerprint density at radius 1 is 0.731 bits per heavy atom. The van der Waals surface area contributed by atoms with Gasteiger partial charge in [-0.3, -0.25) is 4.79 Å². The molecule has 8 heteroatoms. The number of carbonyl (C=O) groups excluding carboxylic acids is 1. The SMILES string of the molecule is CC(C)(C)CNC(=O)CCOCCOCCOCCOCCOCCN. The van der Waals surface area contributed by atoms with E-state index in [1.807, 2.05) is 0 Å². The maximum Gasteiger partial charge on any atom is 0.222 e. The number of nitrogens with one attached hydrogen (secondary N) is 1. The number of amides is 1. The van der Waals surface area contributed by atoms with Crippen molar-refractivity contribution in [2.24, 2.45) is 11.1 Å². The smallest absolute Gasteiger partial charge is 0.222 e. The zero-order valence-corrected chi connectivity index (χ0v) is 16.7. The van der Waals surface area contributed by atoms with Crippen LogP contribution in [0.1, 0.15) is 27.2 Å². The van der Waals surface area contributed by atoms with Gasteiger partial charge in [0.15, 0.2) is 0 Å². The molecule has 0 atom stereocenters. The summed E-state index contributed by atoms with van der Waals surface area (Å²) in [7, 11) is 0. The van der Waals surface area contributed by atoms with E-state index in [0.717, 1.165) is 0 Å². The fourth-order valence-electron chi connectivity index (χ4n) is 1.68. The Hall–Kier alpha value is -0.770. The Kier molecular flexibility index (Phi) is 17.1. The average Bonchev–Trinajstić information content (AvgIpc) is 2.59. The van der Waals surface area contributed by atoms with Gasteiger partial charge in [-0.25, -0.2) is 0 Å². The van der Waals surface area contributed by atoms with Gasteiger partial charge in [0.25, 0.3) is 0 Å². The standard InChI is InChI=1S/C18H38N2O6/c1-18(2,3)16-20-17(21)4-6-22-8-10-24-12-14-26-15-13-25-11-9-23-7-5-19/h4-16,19H2,1-3H3,(H,20,21). The summed E-state index contributed by atoms with van der Waals surface area (Å²) in [6, 6.07) is 0. The third-order valence-corrected chi connectivity index (χ3v) is 3.04. The van der Waals surface area contributed by atoms with Gasteiger partial charge in [-0.2, -0.15) is 0 Å². The quantitative estimate of drug-likeness (QED) is 0.336. The van der Waals surface area contributed by atoms with Crippen LogP contribution in [0.25, 0.3) is 0 Å². The Balaban J connectivity index is 3.14. The molecule has 0 saturated carbocycles. The molecule has 0 radical (unpaired) electrons. The third kappa shape index (κ3) is 21.3. The van der Waals surface area contributed by atoms with Crippen LogP contribution < -0.4 is 11.1 Å². The molecule has 0 aromatic rings. The molecule has 0 aliphatic rings. The van der Waals surface area contributed by atoms with Crippen molar-refractivity contribution >= 4 is 5.91 Å². The van der Waals surface area contributed by atoms with Crippen LogP contribution in [0, 0.1) is 5.41 Å². The molecule has 0 heterocycles. The van der Waals surface area contributed by atoms with Crippen LogP contribution in [-0.2, 0) is 28.5 Å². The minimum Gasteiger partial charge on any atom is -0.379 e. The summed E-state index contributed by atoms with van der Waals surface area (Å²) < 4.78 is 26.6. The Morgan fingerprint density at radius 2 is 1.12 bits per heavy atom. The van der Waals surface area contributed by atoms with Gasteiger partial charge in [0.2, 0.25) is 5.91 Å². The predicted molar refractivity (Wildman–Crippen MR) is 100 cm³/mol. The lowest BCUT2D eigenvalue weighted by molar-refractivity contribution is -0.122. The van der Waals surface area contributed by atoms with E-state index in [2.05, 4.69) is 26.1 Å². The summed E-state index contributed by atoms with van der Waals surface area (Å²) in [6.07, 6.45) is 0.371. The topological polar surface area (TPSA) is 101 Å². The van der Waals surface area contributed by atoms with Crippen molar-refractivity contribution in [1.29, 1.82) is 0 Å². The molecule has 156 valence electrons. The normalized spacial score (nSPS) is 11.7. The van der Waals surface area contributed by atoms with Crippen LogP contribution in [0.5, 0.6) is 0 Å². The first kappa shape index (κ1) is 25.2. The van der Waals surface area contributed by atoms with Gasteiger partial charge < -0.3 is 34.7 Å². The highest BCUT2D eigenvalue weighted by Crippen LogP contribution is 2.10. The van der Waals surface area contributed by atoms with Crippen molar-refractivity contribution in [3.63, 3.8) is 0 Å². The second kappa shape index (κ2) is 17.6. The van der Waals surface area contributed by atoms with Gasteiger partial charge in [0.05, 0.1) is 66.1 Å². The van der Waals surface area contributed by atoms with E-state index in [1.165, 1.54) is 0 Å². The van der Waals surface area contributed by atoms with E-state index >= 15 is 0 Å². The van der Waals surface area contributed by atoms with Crippen molar-refractivity contribution < 1.29 is 28.5 Å². The molecule has 0 saturated heterocycles. The molecule has 3 N–H and O–H groups in total. The van der Waals surface area contributed by atoms with Gasteiger partial charge in [0, 0.05) is 19.5 Å². The lowest BCUT2D eigenvalue weighted by atomic mass is 9.97. The molecular formula is C18H38N2O6. The van der Waals surface area contributed by atoms with Crippen LogP contribution in [-0.4, -0.2) is 85.1 Å². The molecule has 0 rings (SSSR count). The summed E-state index contributed by atoms with van der Waals surface area (Å²) in [5.41, 5.74) is 5.39. The average molecular weight is 379 g/mol. The summed E-state index contributed by atoms with van der Waals surface area (Å²) in [5.74, 6) is 0.0161. The Labute approximate surface area is 158 Å². The third-order valence-electron chi connectivity index (χ3n) is 3.04. The number of hydrogen-bond donors (Lipinski definition) is 2. The molecule has 8 nitrogen and oxygen atoms in total. The zero-order valence-electron chi connectivity index (χ0n) is 16.7. The van der Waals surface area contributed by atoms with Crippen LogP contribution in [0.15, 0.2) is 0 Å². The van der Waals surface area contributed by atoms with Crippen molar-refractivity contribution in [1.82, 2.24) is 5.32 Å². The van der Waals surface area contributed by atoms with E-state index in [4.69, 9.17) is 29.4 Å². The van der Waals surface area contributed by atoms with Gasteiger partial charge in [-0.1, -0.05) is 20.8 Å². The van der Waals surface area contributed by atoms with E-state index in [-0.39, 0.29) is 11.3 Å². The first-order valence-corrected chi connectivity index (χ1v) is 9.31. The summed E-state index contributed by atoms with van der Waals surface area (Å²) in [5, 5.41) is 2.89. The maximum absolute atomic E-state index is 11.6. The first-order chi connectivity index (χ1) is 12.5. The molecular weight excluding hydrogens is 340 g/mol. The van der Waals surface area contributed by atoms with Crippen molar-refractivity contribution in [3.8, 4) is 0 Å². The molecule has 0 aromatic carbocycles. The second-order valence-corrected chi connectivity index (χ2v) is 6.94. The summed E-state index contributed by atoms with van der Waals surface area (Å²) >= 11 is 0. The highest BCUT2D eigenvalue weighted by atomic mass is 16.6. The predicted octanol–water partition coefficient (Wildman–Crippen LogP) is 0.581. The largest absolute Gasteiger partial charge is 0.379 e.